The number of hydrogen-bond donors (Lipinski definition) is 2. The number of imide groups is 1. The minimum Gasteiger partial charge on any atom is -0.496 e. The molecule has 0 aliphatic carbocycles. The third-order valence-corrected chi connectivity index (χ3v) is 4.49. The molecule has 0 aliphatic heterocycles. The summed E-state index contributed by atoms with van der Waals surface area (Å²) in [7, 11) is 2.84. The van der Waals surface area contributed by atoms with Crippen molar-refractivity contribution in [1.82, 2.24) is 10.3 Å². The summed E-state index contributed by atoms with van der Waals surface area (Å²) in [5, 5.41) is 5.23. The normalized spacial score (nSPS) is 10.2. The van der Waals surface area contributed by atoms with Crippen LogP contribution in [0.3, 0.4) is 0 Å². The largest absolute Gasteiger partial charge is 0.496 e. The Morgan fingerprint density at radius 3 is 2.29 bits per heavy atom. The van der Waals surface area contributed by atoms with Gasteiger partial charge in [0.25, 0.3) is 5.91 Å². The van der Waals surface area contributed by atoms with Gasteiger partial charge >= 0.3 is 6.03 Å². The molecule has 3 amide bonds. The van der Waals surface area contributed by atoms with E-state index in [1.54, 1.807) is 42.5 Å². The summed E-state index contributed by atoms with van der Waals surface area (Å²) in [5.74, 6) is 0.663. The molecular formula is C22H20ClN3O5. The topological polar surface area (TPSA) is 98.8 Å². The van der Waals surface area contributed by atoms with Gasteiger partial charge in [-0.2, -0.15) is 0 Å². The van der Waals surface area contributed by atoms with E-state index < -0.39 is 11.9 Å². The van der Waals surface area contributed by atoms with Crippen LogP contribution in [0, 0.1) is 6.92 Å². The van der Waals surface area contributed by atoms with Crippen LogP contribution in [0.4, 0.5) is 10.5 Å². The highest BCUT2D eigenvalue weighted by molar-refractivity contribution is 6.32. The summed E-state index contributed by atoms with van der Waals surface area (Å²) < 4.78 is 16.0. The van der Waals surface area contributed by atoms with E-state index in [2.05, 4.69) is 15.6 Å². The first kappa shape index (κ1) is 21.9. The zero-order chi connectivity index (χ0) is 22.4. The minimum atomic E-state index is -0.741. The number of urea groups is 1. The Labute approximate surface area is 184 Å². The molecule has 1 aromatic heterocycles. The number of methoxy groups -OCH3 is 2. The lowest BCUT2D eigenvalue weighted by Crippen LogP contribution is -2.34. The van der Waals surface area contributed by atoms with Crippen molar-refractivity contribution in [1.29, 1.82) is 0 Å². The van der Waals surface area contributed by atoms with Gasteiger partial charge < -0.3 is 19.5 Å². The van der Waals surface area contributed by atoms with Crippen molar-refractivity contribution in [3.8, 4) is 23.1 Å². The number of rotatable bonds is 6. The molecule has 0 radical (unpaired) electrons. The Morgan fingerprint density at radius 1 is 0.968 bits per heavy atom. The number of carbonyl (C=O) groups is 2. The van der Waals surface area contributed by atoms with Crippen molar-refractivity contribution in [2.75, 3.05) is 19.5 Å². The van der Waals surface area contributed by atoms with Gasteiger partial charge in [0.1, 0.15) is 22.8 Å². The predicted molar refractivity (Wildman–Crippen MR) is 117 cm³/mol. The molecule has 9 heteroatoms. The van der Waals surface area contributed by atoms with E-state index in [0.29, 0.717) is 22.3 Å². The fraction of sp³-hybridized carbons (Fsp3) is 0.136. The summed E-state index contributed by atoms with van der Waals surface area (Å²) in [5.41, 5.74) is 1.46. The van der Waals surface area contributed by atoms with Crippen molar-refractivity contribution in [3.63, 3.8) is 0 Å². The van der Waals surface area contributed by atoms with Gasteiger partial charge in [0, 0.05) is 6.07 Å². The second kappa shape index (κ2) is 9.82. The van der Waals surface area contributed by atoms with Gasteiger partial charge in [0.15, 0.2) is 0 Å². The van der Waals surface area contributed by atoms with Gasteiger partial charge in [0.2, 0.25) is 5.88 Å². The predicted octanol–water partition coefficient (Wildman–Crippen LogP) is 4.81. The maximum absolute atomic E-state index is 12.5. The number of carbonyl (C=O) groups excluding carboxylic acids is 2. The molecule has 0 spiro atoms. The number of benzene rings is 2. The van der Waals surface area contributed by atoms with Gasteiger partial charge in [-0.25, -0.2) is 9.78 Å². The molecule has 0 bridgehead atoms. The first-order valence-electron chi connectivity index (χ1n) is 9.14. The van der Waals surface area contributed by atoms with Crippen LogP contribution in [0.2, 0.25) is 5.02 Å². The fourth-order valence-corrected chi connectivity index (χ4v) is 2.88. The fourth-order valence-electron chi connectivity index (χ4n) is 2.72. The summed E-state index contributed by atoms with van der Waals surface area (Å²) in [6.07, 6.45) is 1.40. The van der Waals surface area contributed by atoms with Crippen LogP contribution in [0.1, 0.15) is 15.9 Å². The molecule has 8 nitrogen and oxygen atoms in total. The van der Waals surface area contributed by atoms with Gasteiger partial charge in [0.05, 0.1) is 31.1 Å². The number of nitrogens with one attached hydrogen (secondary N) is 2. The zero-order valence-electron chi connectivity index (χ0n) is 17.1. The molecule has 2 aromatic carbocycles. The lowest BCUT2D eigenvalue weighted by atomic mass is 10.1. The molecule has 0 saturated heterocycles. The lowest BCUT2D eigenvalue weighted by Gasteiger charge is -2.13. The molecule has 0 unspecified atom stereocenters. The first-order chi connectivity index (χ1) is 14.9. The Morgan fingerprint density at radius 2 is 1.68 bits per heavy atom. The SMILES string of the molecule is COc1cccc(OC)c1C(=O)NC(=O)Nc1ccc(Oc2cc(C)ccc2Cl)nc1. The average Bonchev–Trinajstić information content (AvgIpc) is 2.76. The smallest absolute Gasteiger partial charge is 0.326 e. The summed E-state index contributed by atoms with van der Waals surface area (Å²) in [6, 6.07) is 12.7. The van der Waals surface area contributed by atoms with Gasteiger partial charge in [-0.15, -0.1) is 0 Å². The number of aryl methyl sites for hydroxylation is 1. The second-order valence-electron chi connectivity index (χ2n) is 6.37. The third kappa shape index (κ3) is 5.43. The van der Waals surface area contributed by atoms with Crippen molar-refractivity contribution >= 4 is 29.2 Å². The van der Waals surface area contributed by atoms with E-state index >= 15 is 0 Å². The van der Waals surface area contributed by atoms with Crippen LogP contribution in [0.15, 0.2) is 54.7 Å². The molecule has 3 rings (SSSR count). The Hall–Kier alpha value is -3.78. The van der Waals surface area contributed by atoms with Gasteiger partial charge in [-0.1, -0.05) is 23.7 Å². The molecule has 3 aromatic rings. The van der Waals surface area contributed by atoms with Crippen molar-refractivity contribution in [3.05, 3.63) is 70.9 Å². The van der Waals surface area contributed by atoms with E-state index in [1.165, 1.54) is 20.4 Å². The van der Waals surface area contributed by atoms with Crippen molar-refractivity contribution in [2.45, 2.75) is 6.92 Å². The number of nitrogens with zero attached hydrogens (tertiary/aromatic N) is 1. The summed E-state index contributed by atoms with van der Waals surface area (Å²) in [4.78, 5) is 28.9. The van der Waals surface area contributed by atoms with E-state index in [9.17, 15) is 9.59 Å². The molecule has 160 valence electrons. The molecule has 0 fully saturated rings. The van der Waals surface area contributed by atoms with Crippen LogP contribution in [0.5, 0.6) is 23.1 Å². The molecule has 0 saturated carbocycles. The Balaban J connectivity index is 1.65. The number of pyridine rings is 1. The van der Waals surface area contributed by atoms with Gasteiger partial charge in [-0.3, -0.25) is 10.1 Å². The highest BCUT2D eigenvalue weighted by atomic mass is 35.5. The van der Waals surface area contributed by atoms with E-state index in [-0.39, 0.29) is 17.1 Å². The number of anilines is 1. The standard InChI is InChI=1S/C22H20ClN3O5/c1-13-7-9-15(23)18(11-13)31-19-10-8-14(12-24-19)25-22(28)26-21(27)20-16(29-2)5-4-6-17(20)30-3/h4-12H,1-3H3,(H2,25,26,27,28). The van der Waals surface area contributed by atoms with Crippen LogP contribution < -0.4 is 24.8 Å². The highest BCUT2D eigenvalue weighted by Gasteiger charge is 2.20. The zero-order valence-corrected chi connectivity index (χ0v) is 17.8. The maximum atomic E-state index is 12.5. The van der Waals surface area contributed by atoms with Crippen LogP contribution in [0.25, 0.3) is 0 Å². The van der Waals surface area contributed by atoms with Crippen molar-refractivity contribution < 1.29 is 23.8 Å². The van der Waals surface area contributed by atoms with Crippen LogP contribution in [-0.4, -0.2) is 31.1 Å². The van der Waals surface area contributed by atoms with E-state index in [0.717, 1.165) is 5.56 Å². The second-order valence-corrected chi connectivity index (χ2v) is 6.77. The Bertz CT molecular complexity index is 1080. The van der Waals surface area contributed by atoms with Crippen molar-refractivity contribution in [2.24, 2.45) is 0 Å². The maximum Gasteiger partial charge on any atom is 0.326 e. The van der Waals surface area contributed by atoms with Gasteiger partial charge in [-0.05, 0) is 42.8 Å². The third-order valence-electron chi connectivity index (χ3n) is 4.18. The number of ether oxygens (including phenoxy) is 3. The molecular weight excluding hydrogens is 422 g/mol. The number of amides is 3. The monoisotopic (exact) mass is 441 g/mol. The first-order valence-corrected chi connectivity index (χ1v) is 9.52. The average molecular weight is 442 g/mol. The minimum absolute atomic E-state index is 0.111. The number of hydrogen-bond acceptors (Lipinski definition) is 6. The lowest BCUT2D eigenvalue weighted by molar-refractivity contribution is 0.0961. The molecule has 2 N–H and O–H groups in total. The van der Waals surface area contributed by atoms with Crippen LogP contribution in [-0.2, 0) is 0 Å². The number of halogens is 1. The summed E-state index contributed by atoms with van der Waals surface area (Å²) in [6.45, 7) is 1.92. The molecule has 0 atom stereocenters. The van der Waals surface area contributed by atoms with Crippen LogP contribution >= 0.6 is 11.6 Å². The molecule has 1 heterocycles. The molecule has 0 aliphatic rings. The molecule has 31 heavy (non-hydrogen) atoms. The summed E-state index contributed by atoms with van der Waals surface area (Å²) >= 11 is 6.12. The quantitative estimate of drug-likeness (QED) is 0.569. The highest BCUT2D eigenvalue weighted by Crippen LogP contribution is 2.30. The van der Waals surface area contributed by atoms with E-state index in [4.69, 9.17) is 25.8 Å². The van der Waals surface area contributed by atoms with E-state index in [1.807, 2.05) is 13.0 Å². The number of aromatic nitrogens is 1. The Kier molecular flexibility index (Phi) is 6.94.